The number of phenols is 1. The van der Waals surface area contributed by atoms with E-state index in [1.165, 1.54) is 0 Å². The van der Waals surface area contributed by atoms with Gasteiger partial charge in [0.1, 0.15) is 5.82 Å². The number of rotatable bonds is 2. The molecule has 0 aliphatic carbocycles. The second kappa shape index (κ2) is 3.60. The Balaban J connectivity index is 3.05. The molecule has 0 atom stereocenters. The smallest absolute Gasteiger partial charge is 0.194 e. The van der Waals surface area contributed by atoms with E-state index >= 15 is 0 Å². The molecule has 1 aromatic rings. The third kappa shape index (κ3) is 2.31. The summed E-state index contributed by atoms with van der Waals surface area (Å²) in [4.78, 5) is 0. The van der Waals surface area contributed by atoms with Crippen molar-refractivity contribution in [3.8, 4) is 11.5 Å². The Bertz CT molecular complexity index is 311. The Kier molecular flexibility index (Phi) is 2.70. The standard InChI is InChI=1S/C9H10F2O2/c1-5(2)13-8-4-6(10)3-7(11)9(8)12/h3-5,12H,1-2H3. The summed E-state index contributed by atoms with van der Waals surface area (Å²) in [7, 11) is 0. The molecule has 13 heavy (non-hydrogen) atoms. The molecule has 0 radical (unpaired) electrons. The van der Waals surface area contributed by atoms with Crippen molar-refractivity contribution in [2.75, 3.05) is 0 Å². The van der Waals surface area contributed by atoms with Gasteiger partial charge in [-0.05, 0) is 13.8 Å². The van der Waals surface area contributed by atoms with Crippen LogP contribution in [0.3, 0.4) is 0 Å². The number of ether oxygens (including phenoxy) is 1. The van der Waals surface area contributed by atoms with Crippen LogP contribution in [-0.2, 0) is 0 Å². The summed E-state index contributed by atoms with van der Waals surface area (Å²) in [6.45, 7) is 3.39. The van der Waals surface area contributed by atoms with Crippen LogP contribution in [0.5, 0.6) is 11.5 Å². The quantitative estimate of drug-likeness (QED) is 0.772. The molecule has 0 bridgehead atoms. The molecule has 0 aromatic heterocycles. The van der Waals surface area contributed by atoms with Gasteiger partial charge in [0, 0.05) is 12.1 Å². The number of halogens is 2. The molecule has 0 fully saturated rings. The van der Waals surface area contributed by atoms with Crippen LogP contribution in [0.25, 0.3) is 0 Å². The van der Waals surface area contributed by atoms with Crippen LogP contribution in [0.4, 0.5) is 8.78 Å². The van der Waals surface area contributed by atoms with Gasteiger partial charge in [-0.15, -0.1) is 0 Å². The predicted octanol–water partition coefficient (Wildman–Crippen LogP) is 2.46. The maximum absolute atomic E-state index is 12.7. The predicted molar refractivity (Wildman–Crippen MR) is 43.8 cm³/mol. The van der Waals surface area contributed by atoms with Gasteiger partial charge in [-0.1, -0.05) is 0 Å². The highest BCUT2D eigenvalue weighted by molar-refractivity contribution is 5.40. The van der Waals surface area contributed by atoms with Crippen molar-refractivity contribution in [1.82, 2.24) is 0 Å². The molecule has 1 N–H and O–H groups in total. The number of hydrogen-bond donors (Lipinski definition) is 1. The SMILES string of the molecule is CC(C)Oc1cc(F)cc(F)c1O. The van der Waals surface area contributed by atoms with E-state index in [9.17, 15) is 8.78 Å². The summed E-state index contributed by atoms with van der Waals surface area (Å²) in [5.74, 6) is -2.62. The van der Waals surface area contributed by atoms with Crippen molar-refractivity contribution in [2.45, 2.75) is 20.0 Å². The van der Waals surface area contributed by atoms with Crippen LogP contribution in [-0.4, -0.2) is 11.2 Å². The normalized spacial score (nSPS) is 10.5. The summed E-state index contributed by atoms with van der Waals surface area (Å²) >= 11 is 0. The zero-order valence-corrected chi connectivity index (χ0v) is 7.34. The van der Waals surface area contributed by atoms with E-state index in [1.807, 2.05) is 0 Å². The lowest BCUT2D eigenvalue weighted by molar-refractivity contribution is 0.227. The van der Waals surface area contributed by atoms with Gasteiger partial charge in [0.25, 0.3) is 0 Å². The number of hydrogen-bond acceptors (Lipinski definition) is 2. The number of aromatic hydroxyl groups is 1. The van der Waals surface area contributed by atoms with Crippen LogP contribution in [0, 0.1) is 11.6 Å². The zero-order chi connectivity index (χ0) is 10.0. The fourth-order valence-corrected chi connectivity index (χ4v) is 0.886. The van der Waals surface area contributed by atoms with Gasteiger partial charge in [-0.2, -0.15) is 0 Å². The van der Waals surface area contributed by atoms with Gasteiger partial charge in [0.15, 0.2) is 17.3 Å². The lowest BCUT2D eigenvalue weighted by atomic mass is 10.3. The first-order valence-electron chi connectivity index (χ1n) is 3.85. The van der Waals surface area contributed by atoms with E-state index in [0.29, 0.717) is 6.07 Å². The van der Waals surface area contributed by atoms with Crippen LogP contribution in [0.1, 0.15) is 13.8 Å². The van der Waals surface area contributed by atoms with Crippen LogP contribution >= 0.6 is 0 Å². The molecule has 0 aliphatic rings. The molecular weight excluding hydrogens is 178 g/mol. The van der Waals surface area contributed by atoms with Crippen molar-refractivity contribution in [3.63, 3.8) is 0 Å². The van der Waals surface area contributed by atoms with E-state index in [4.69, 9.17) is 9.84 Å². The molecule has 0 aliphatic heterocycles. The molecule has 4 heteroatoms. The van der Waals surface area contributed by atoms with E-state index in [-0.39, 0.29) is 11.9 Å². The highest BCUT2D eigenvalue weighted by atomic mass is 19.1. The Hall–Kier alpha value is -1.32. The Labute approximate surface area is 74.8 Å². The molecule has 1 rings (SSSR count). The maximum atomic E-state index is 12.7. The maximum Gasteiger partial charge on any atom is 0.194 e. The molecule has 72 valence electrons. The second-order valence-electron chi connectivity index (χ2n) is 2.90. The highest BCUT2D eigenvalue weighted by Gasteiger charge is 2.11. The van der Waals surface area contributed by atoms with Gasteiger partial charge in [-0.25, -0.2) is 8.78 Å². The molecule has 0 heterocycles. The van der Waals surface area contributed by atoms with E-state index < -0.39 is 17.4 Å². The molecule has 0 saturated heterocycles. The summed E-state index contributed by atoms with van der Waals surface area (Å²) in [6, 6.07) is 1.54. The van der Waals surface area contributed by atoms with Crippen molar-refractivity contribution in [3.05, 3.63) is 23.8 Å². The van der Waals surface area contributed by atoms with Crippen molar-refractivity contribution >= 4 is 0 Å². The van der Waals surface area contributed by atoms with Crippen molar-refractivity contribution in [1.29, 1.82) is 0 Å². The summed E-state index contributed by atoms with van der Waals surface area (Å²) in [5.41, 5.74) is 0. The zero-order valence-electron chi connectivity index (χ0n) is 7.34. The molecule has 0 unspecified atom stereocenters. The fourth-order valence-electron chi connectivity index (χ4n) is 0.886. The van der Waals surface area contributed by atoms with Gasteiger partial charge < -0.3 is 9.84 Å². The number of benzene rings is 1. The van der Waals surface area contributed by atoms with E-state index in [0.717, 1.165) is 6.07 Å². The summed E-state index contributed by atoms with van der Waals surface area (Å²) in [5, 5.41) is 9.10. The third-order valence-corrected chi connectivity index (χ3v) is 1.36. The Morgan fingerprint density at radius 2 is 1.92 bits per heavy atom. The second-order valence-corrected chi connectivity index (χ2v) is 2.90. The molecule has 0 spiro atoms. The number of phenolic OH excluding ortho intramolecular Hbond substituents is 1. The fraction of sp³-hybridized carbons (Fsp3) is 0.333. The lowest BCUT2D eigenvalue weighted by Gasteiger charge is -2.11. The third-order valence-electron chi connectivity index (χ3n) is 1.36. The van der Waals surface area contributed by atoms with Crippen LogP contribution < -0.4 is 4.74 Å². The average Bonchev–Trinajstić information content (AvgIpc) is 1.98. The topological polar surface area (TPSA) is 29.5 Å². The van der Waals surface area contributed by atoms with Crippen molar-refractivity contribution in [2.24, 2.45) is 0 Å². The Morgan fingerprint density at radius 3 is 2.46 bits per heavy atom. The largest absolute Gasteiger partial charge is 0.502 e. The molecule has 0 saturated carbocycles. The van der Waals surface area contributed by atoms with Gasteiger partial charge >= 0.3 is 0 Å². The molecule has 0 amide bonds. The molecular formula is C9H10F2O2. The van der Waals surface area contributed by atoms with Crippen LogP contribution in [0.15, 0.2) is 12.1 Å². The lowest BCUT2D eigenvalue weighted by Crippen LogP contribution is -2.06. The first-order chi connectivity index (χ1) is 6.00. The van der Waals surface area contributed by atoms with Gasteiger partial charge in [-0.3, -0.25) is 0 Å². The monoisotopic (exact) mass is 188 g/mol. The Morgan fingerprint density at radius 1 is 1.31 bits per heavy atom. The minimum Gasteiger partial charge on any atom is -0.502 e. The van der Waals surface area contributed by atoms with Gasteiger partial charge in [0.2, 0.25) is 0 Å². The molecule has 2 nitrogen and oxygen atoms in total. The highest BCUT2D eigenvalue weighted by Crippen LogP contribution is 2.30. The summed E-state index contributed by atoms with van der Waals surface area (Å²) < 4.78 is 30.3. The van der Waals surface area contributed by atoms with E-state index in [1.54, 1.807) is 13.8 Å². The minimum absolute atomic E-state index is 0.174. The summed E-state index contributed by atoms with van der Waals surface area (Å²) in [6.07, 6.45) is -0.243. The van der Waals surface area contributed by atoms with E-state index in [2.05, 4.69) is 0 Å². The van der Waals surface area contributed by atoms with Crippen LogP contribution in [0.2, 0.25) is 0 Å². The van der Waals surface area contributed by atoms with Crippen molar-refractivity contribution < 1.29 is 18.6 Å². The average molecular weight is 188 g/mol. The minimum atomic E-state index is -1.02. The molecule has 1 aromatic carbocycles. The van der Waals surface area contributed by atoms with Gasteiger partial charge in [0.05, 0.1) is 6.10 Å². The first kappa shape index (κ1) is 9.77. The first-order valence-corrected chi connectivity index (χ1v) is 3.85.